The molecule has 1 rings (SSSR count). The number of anilines is 1. The van der Waals surface area contributed by atoms with Gasteiger partial charge < -0.3 is 15.1 Å². The van der Waals surface area contributed by atoms with Gasteiger partial charge in [0.15, 0.2) is 0 Å². The highest BCUT2D eigenvalue weighted by Crippen LogP contribution is 2.24. The van der Waals surface area contributed by atoms with Crippen LogP contribution < -0.4 is 10.2 Å². The van der Waals surface area contributed by atoms with E-state index in [9.17, 15) is 0 Å². The summed E-state index contributed by atoms with van der Waals surface area (Å²) in [6.07, 6.45) is 4.20. The molecule has 120 valence electrons. The summed E-state index contributed by atoms with van der Waals surface area (Å²) in [6, 6.07) is 4.58. The van der Waals surface area contributed by atoms with Gasteiger partial charge in [-0.3, -0.25) is 0 Å². The molecule has 4 nitrogen and oxygen atoms in total. The minimum absolute atomic E-state index is 0.340. The van der Waals surface area contributed by atoms with E-state index >= 15 is 0 Å². The second kappa shape index (κ2) is 9.74. The van der Waals surface area contributed by atoms with Crippen LogP contribution in [0.3, 0.4) is 0 Å². The quantitative estimate of drug-likeness (QED) is 0.718. The van der Waals surface area contributed by atoms with Gasteiger partial charge in [-0.05, 0) is 46.5 Å². The van der Waals surface area contributed by atoms with Crippen molar-refractivity contribution in [3.05, 3.63) is 23.9 Å². The molecule has 21 heavy (non-hydrogen) atoms. The number of rotatable bonds is 10. The van der Waals surface area contributed by atoms with Crippen LogP contribution in [0.5, 0.6) is 0 Å². The van der Waals surface area contributed by atoms with Gasteiger partial charge in [0, 0.05) is 37.4 Å². The Labute approximate surface area is 130 Å². The Morgan fingerprint density at radius 3 is 2.52 bits per heavy atom. The maximum absolute atomic E-state index is 4.67. The van der Waals surface area contributed by atoms with Crippen molar-refractivity contribution < 1.29 is 0 Å². The standard InChI is InChI=1S/C17H32N4/c1-6-10-18-15(3)16-9-8-11-19-17(16)21(12-7-2)14-13-20(4)5/h8-9,11,15,18H,6-7,10,12-14H2,1-5H3. The first-order chi connectivity index (χ1) is 10.1. The molecule has 1 aromatic heterocycles. The Hall–Kier alpha value is -1.13. The molecule has 0 aromatic carbocycles. The van der Waals surface area contributed by atoms with Crippen molar-refractivity contribution in [2.45, 2.75) is 39.7 Å². The molecule has 0 aliphatic rings. The molecule has 0 aliphatic heterocycles. The van der Waals surface area contributed by atoms with Crippen LogP contribution in [0.2, 0.25) is 0 Å². The first kappa shape index (κ1) is 17.9. The predicted molar refractivity (Wildman–Crippen MR) is 92.0 cm³/mol. The number of pyridine rings is 1. The van der Waals surface area contributed by atoms with Crippen LogP contribution in [0.15, 0.2) is 18.3 Å². The van der Waals surface area contributed by atoms with E-state index < -0.39 is 0 Å². The smallest absolute Gasteiger partial charge is 0.133 e. The van der Waals surface area contributed by atoms with Crippen LogP contribution in [0.1, 0.15) is 45.2 Å². The summed E-state index contributed by atoms with van der Waals surface area (Å²) < 4.78 is 0. The van der Waals surface area contributed by atoms with Crippen LogP contribution in [0.25, 0.3) is 0 Å². The summed E-state index contributed by atoms with van der Waals surface area (Å²) in [4.78, 5) is 9.31. The molecule has 0 saturated heterocycles. The molecule has 1 heterocycles. The molecule has 1 unspecified atom stereocenters. The topological polar surface area (TPSA) is 31.4 Å². The lowest BCUT2D eigenvalue weighted by Crippen LogP contribution is -2.34. The Kier molecular flexibility index (Phi) is 8.31. The van der Waals surface area contributed by atoms with Crippen LogP contribution in [-0.4, -0.2) is 50.2 Å². The molecular weight excluding hydrogens is 260 g/mol. The highest BCUT2D eigenvalue weighted by Gasteiger charge is 2.16. The lowest BCUT2D eigenvalue weighted by molar-refractivity contribution is 0.412. The summed E-state index contributed by atoms with van der Waals surface area (Å²) >= 11 is 0. The molecule has 1 aromatic rings. The van der Waals surface area contributed by atoms with Crippen LogP contribution in [0.4, 0.5) is 5.82 Å². The van der Waals surface area contributed by atoms with Crippen LogP contribution in [0, 0.1) is 0 Å². The average molecular weight is 292 g/mol. The lowest BCUT2D eigenvalue weighted by atomic mass is 10.1. The number of nitrogens with zero attached hydrogens (tertiary/aromatic N) is 3. The molecule has 0 amide bonds. The fraction of sp³-hybridized carbons (Fsp3) is 0.706. The molecule has 1 atom stereocenters. The summed E-state index contributed by atoms with van der Waals surface area (Å²) in [5, 5.41) is 3.57. The third-order valence-electron chi connectivity index (χ3n) is 3.59. The largest absolute Gasteiger partial charge is 0.355 e. The monoisotopic (exact) mass is 292 g/mol. The molecule has 4 heteroatoms. The number of likely N-dealkylation sites (N-methyl/N-ethyl adjacent to an activating group) is 1. The zero-order valence-corrected chi connectivity index (χ0v) is 14.4. The molecule has 0 saturated carbocycles. The van der Waals surface area contributed by atoms with Gasteiger partial charge in [0.2, 0.25) is 0 Å². The maximum atomic E-state index is 4.67. The van der Waals surface area contributed by atoms with Crippen molar-refractivity contribution in [3.8, 4) is 0 Å². The van der Waals surface area contributed by atoms with Crippen LogP contribution >= 0.6 is 0 Å². The molecule has 0 spiro atoms. The zero-order valence-electron chi connectivity index (χ0n) is 14.4. The minimum Gasteiger partial charge on any atom is -0.355 e. The number of nitrogens with one attached hydrogen (secondary N) is 1. The highest BCUT2D eigenvalue weighted by atomic mass is 15.2. The maximum Gasteiger partial charge on any atom is 0.133 e. The summed E-state index contributed by atoms with van der Waals surface area (Å²) in [7, 11) is 4.24. The Bertz CT molecular complexity index is 392. The van der Waals surface area contributed by atoms with E-state index in [0.717, 1.165) is 44.8 Å². The average Bonchev–Trinajstić information content (AvgIpc) is 2.49. The van der Waals surface area contributed by atoms with Crippen molar-refractivity contribution in [1.29, 1.82) is 0 Å². The molecule has 0 radical (unpaired) electrons. The highest BCUT2D eigenvalue weighted by molar-refractivity contribution is 5.48. The molecular formula is C17H32N4. The van der Waals surface area contributed by atoms with Gasteiger partial charge >= 0.3 is 0 Å². The van der Waals surface area contributed by atoms with E-state index in [4.69, 9.17) is 0 Å². The van der Waals surface area contributed by atoms with Gasteiger partial charge in [-0.2, -0.15) is 0 Å². The van der Waals surface area contributed by atoms with E-state index in [1.54, 1.807) is 0 Å². The van der Waals surface area contributed by atoms with Crippen molar-refractivity contribution in [2.24, 2.45) is 0 Å². The van der Waals surface area contributed by atoms with Crippen molar-refractivity contribution >= 4 is 5.82 Å². The zero-order chi connectivity index (χ0) is 15.7. The Morgan fingerprint density at radius 2 is 1.90 bits per heavy atom. The second-order valence-electron chi connectivity index (χ2n) is 5.88. The molecule has 1 N–H and O–H groups in total. The third kappa shape index (κ3) is 6.02. The van der Waals surface area contributed by atoms with E-state index in [-0.39, 0.29) is 0 Å². The summed E-state index contributed by atoms with van der Waals surface area (Å²) in [5.41, 5.74) is 1.30. The van der Waals surface area contributed by atoms with Crippen molar-refractivity contribution in [2.75, 3.05) is 45.2 Å². The van der Waals surface area contributed by atoms with Gasteiger partial charge in [0.05, 0.1) is 0 Å². The van der Waals surface area contributed by atoms with Gasteiger partial charge in [-0.25, -0.2) is 4.98 Å². The molecule has 0 fully saturated rings. The molecule has 0 aliphatic carbocycles. The number of aromatic nitrogens is 1. The van der Waals surface area contributed by atoms with Gasteiger partial charge in [0.25, 0.3) is 0 Å². The number of hydrogen-bond donors (Lipinski definition) is 1. The SMILES string of the molecule is CCCNC(C)c1cccnc1N(CCC)CCN(C)C. The first-order valence-electron chi connectivity index (χ1n) is 8.18. The van der Waals surface area contributed by atoms with Crippen LogP contribution in [-0.2, 0) is 0 Å². The van der Waals surface area contributed by atoms with E-state index in [0.29, 0.717) is 6.04 Å². The van der Waals surface area contributed by atoms with Crippen molar-refractivity contribution in [3.63, 3.8) is 0 Å². The third-order valence-corrected chi connectivity index (χ3v) is 3.59. The fourth-order valence-corrected chi connectivity index (χ4v) is 2.40. The number of hydrogen-bond acceptors (Lipinski definition) is 4. The van der Waals surface area contributed by atoms with Gasteiger partial charge in [-0.1, -0.05) is 19.9 Å². The van der Waals surface area contributed by atoms with Crippen molar-refractivity contribution in [1.82, 2.24) is 15.2 Å². The second-order valence-corrected chi connectivity index (χ2v) is 5.88. The summed E-state index contributed by atoms with van der Waals surface area (Å²) in [5.74, 6) is 1.14. The minimum atomic E-state index is 0.340. The Balaban J connectivity index is 2.90. The predicted octanol–water partition coefficient (Wildman–Crippen LogP) is 2.92. The van der Waals surface area contributed by atoms with Gasteiger partial charge in [-0.15, -0.1) is 0 Å². The lowest BCUT2D eigenvalue weighted by Gasteiger charge is -2.28. The Morgan fingerprint density at radius 1 is 1.14 bits per heavy atom. The first-order valence-corrected chi connectivity index (χ1v) is 8.18. The normalized spacial score (nSPS) is 12.7. The van der Waals surface area contributed by atoms with Gasteiger partial charge in [0.1, 0.15) is 5.82 Å². The molecule has 0 bridgehead atoms. The summed E-state index contributed by atoms with van der Waals surface area (Å²) in [6.45, 7) is 10.8. The van der Waals surface area contributed by atoms with E-state index in [2.05, 4.69) is 61.0 Å². The van der Waals surface area contributed by atoms with E-state index in [1.165, 1.54) is 5.56 Å². The van der Waals surface area contributed by atoms with E-state index in [1.807, 2.05) is 12.3 Å². The fourth-order valence-electron chi connectivity index (χ4n) is 2.40.